The molecule has 0 spiro atoms. The van der Waals surface area contributed by atoms with Crippen LogP contribution in [0.4, 0.5) is 0 Å². The van der Waals surface area contributed by atoms with E-state index in [9.17, 15) is 0 Å². The molecule has 1 aliphatic rings. The zero-order valence-corrected chi connectivity index (χ0v) is 6.02. The van der Waals surface area contributed by atoms with E-state index in [0.717, 1.165) is 6.42 Å². The second-order valence-electron chi connectivity index (χ2n) is 2.73. The van der Waals surface area contributed by atoms with Gasteiger partial charge in [0.1, 0.15) is 0 Å². The summed E-state index contributed by atoms with van der Waals surface area (Å²) in [6.07, 6.45) is 6.26. The summed E-state index contributed by atoms with van der Waals surface area (Å²) in [5.41, 5.74) is 4.09. The molecule has 0 nitrogen and oxygen atoms in total. The minimum Gasteiger partial charge on any atom is -0.0590 e. The molecule has 1 aromatic carbocycles. The molecule has 10 heavy (non-hydrogen) atoms. The van der Waals surface area contributed by atoms with Gasteiger partial charge in [-0.2, -0.15) is 0 Å². The molecule has 0 saturated carbocycles. The topological polar surface area (TPSA) is 0 Å². The second kappa shape index (κ2) is 1.98. The first-order chi connectivity index (χ1) is 4.86. The maximum atomic E-state index is 3.19. The SMILES string of the molecule is Cc1ccc2c(c1)C=[C]C2. The Labute approximate surface area is 61.2 Å². The Morgan fingerprint density at radius 1 is 1.40 bits per heavy atom. The molecule has 0 saturated heterocycles. The summed E-state index contributed by atoms with van der Waals surface area (Å²) >= 11 is 0. The molecule has 1 radical (unpaired) electrons. The first kappa shape index (κ1) is 5.72. The number of allylic oxidation sites excluding steroid dienone is 1. The van der Waals surface area contributed by atoms with Crippen LogP contribution in [0.5, 0.6) is 0 Å². The highest BCUT2D eigenvalue weighted by Crippen LogP contribution is 2.19. The van der Waals surface area contributed by atoms with Crippen molar-refractivity contribution >= 4 is 6.08 Å². The molecule has 1 aliphatic carbocycles. The van der Waals surface area contributed by atoms with Crippen molar-refractivity contribution in [3.8, 4) is 0 Å². The van der Waals surface area contributed by atoms with E-state index >= 15 is 0 Å². The minimum atomic E-state index is 0.996. The highest BCUT2D eigenvalue weighted by molar-refractivity contribution is 5.58. The summed E-state index contributed by atoms with van der Waals surface area (Å²) < 4.78 is 0. The van der Waals surface area contributed by atoms with Gasteiger partial charge in [0.25, 0.3) is 0 Å². The van der Waals surface area contributed by atoms with Crippen LogP contribution in [0, 0.1) is 13.0 Å². The number of hydrogen-bond acceptors (Lipinski definition) is 0. The van der Waals surface area contributed by atoms with E-state index < -0.39 is 0 Å². The predicted molar refractivity (Wildman–Crippen MR) is 42.6 cm³/mol. The number of aryl methyl sites for hydroxylation is 1. The van der Waals surface area contributed by atoms with Gasteiger partial charge >= 0.3 is 0 Å². The Kier molecular flexibility index (Phi) is 1.13. The van der Waals surface area contributed by atoms with Gasteiger partial charge in [0.05, 0.1) is 0 Å². The van der Waals surface area contributed by atoms with Crippen LogP contribution in [0.3, 0.4) is 0 Å². The molecular weight excluding hydrogens is 120 g/mol. The fourth-order valence-corrected chi connectivity index (χ4v) is 1.28. The minimum absolute atomic E-state index is 0.996. The molecule has 0 atom stereocenters. The van der Waals surface area contributed by atoms with Crippen molar-refractivity contribution in [1.82, 2.24) is 0 Å². The average Bonchev–Trinajstić information content (AvgIpc) is 2.33. The van der Waals surface area contributed by atoms with E-state index in [2.05, 4.69) is 37.3 Å². The molecule has 0 unspecified atom stereocenters. The molecule has 0 aliphatic heterocycles. The van der Waals surface area contributed by atoms with Gasteiger partial charge in [0.2, 0.25) is 0 Å². The van der Waals surface area contributed by atoms with Gasteiger partial charge in [-0.1, -0.05) is 29.8 Å². The summed E-state index contributed by atoms with van der Waals surface area (Å²) in [6.45, 7) is 2.12. The molecule has 0 amide bonds. The molecule has 2 rings (SSSR count). The molecular formula is C10H9. The molecule has 0 aromatic heterocycles. The fraction of sp³-hybridized carbons (Fsp3) is 0.200. The summed E-state index contributed by atoms with van der Waals surface area (Å²) in [4.78, 5) is 0. The zero-order valence-electron chi connectivity index (χ0n) is 6.02. The van der Waals surface area contributed by atoms with E-state index in [4.69, 9.17) is 0 Å². The van der Waals surface area contributed by atoms with Crippen LogP contribution in [-0.2, 0) is 6.42 Å². The Morgan fingerprint density at radius 3 is 3.20 bits per heavy atom. The van der Waals surface area contributed by atoms with Crippen LogP contribution in [0.1, 0.15) is 16.7 Å². The van der Waals surface area contributed by atoms with Crippen molar-refractivity contribution in [3.63, 3.8) is 0 Å². The summed E-state index contributed by atoms with van der Waals surface area (Å²) in [6, 6.07) is 6.54. The lowest BCUT2D eigenvalue weighted by Crippen LogP contribution is -1.81. The van der Waals surface area contributed by atoms with Gasteiger partial charge in [0, 0.05) is 0 Å². The molecule has 49 valence electrons. The monoisotopic (exact) mass is 129 g/mol. The summed E-state index contributed by atoms with van der Waals surface area (Å²) in [7, 11) is 0. The average molecular weight is 129 g/mol. The van der Waals surface area contributed by atoms with Gasteiger partial charge in [-0.3, -0.25) is 0 Å². The van der Waals surface area contributed by atoms with Crippen molar-refractivity contribution in [2.24, 2.45) is 0 Å². The van der Waals surface area contributed by atoms with E-state index in [-0.39, 0.29) is 0 Å². The number of benzene rings is 1. The van der Waals surface area contributed by atoms with Crippen LogP contribution in [0.15, 0.2) is 18.2 Å². The van der Waals surface area contributed by atoms with Gasteiger partial charge < -0.3 is 0 Å². The normalized spacial score (nSPS) is 13.7. The molecule has 0 fully saturated rings. The quantitative estimate of drug-likeness (QED) is 0.504. The van der Waals surface area contributed by atoms with Crippen molar-refractivity contribution in [3.05, 3.63) is 41.0 Å². The van der Waals surface area contributed by atoms with Gasteiger partial charge in [-0.15, -0.1) is 0 Å². The van der Waals surface area contributed by atoms with Crippen LogP contribution in [0.25, 0.3) is 6.08 Å². The highest BCUT2D eigenvalue weighted by Gasteiger charge is 2.02. The Hall–Kier alpha value is -1.04. The third-order valence-corrected chi connectivity index (χ3v) is 1.85. The number of hydrogen-bond donors (Lipinski definition) is 0. The predicted octanol–water partition coefficient (Wildman–Crippen LogP) is 2.37. The third kappa shape index (κ3) is 0.766. The lowest BCUT2D eigenvalue weighted by molar-refractivity contribution is 1.27. The standard InChI is InChI=1S/C10H9/c1-8-5-6-9-3-2-4-10(9)7-8/h4-7H,3H2,1H3. The van der Waals surface area contributed by atoms with Crippen LogP contribution in [0.2, 0.25) is 0 Å². The van der Waals surface area contributed by atoms with Crippen molar-refractivity contribution in [2.75, 3.05) is 0 Å². The summed E-state index contributed by atoms with van der Waals surface area (Å²) in [5.74, 6) is 0. The first-order valence-corrected chi connectivity index (χ1v) is 3.52. The van der Waals surface area contributed by atoms with E-state index in [0.29, 0.717) is 0 Å². The molecule has 0 heterocycles. The molecule has 0 N–H and O–H groups in total. The molecule has 1 aromatic rings. The molecule has 0 heteroatoms. The van der Waals surface area contributed by atoms with Crippen LogP contribution >= 0.6 is 0 Å². The highest BCUT2D eigenvalue weighted by atomic mass is 14.1. The Morgan fingerprint density at radius 2 is 2.30 bits per heavy atom. The maximum absolute atomic E-state index is 3.19. The van der Waals surface area contributed by atoms with Gasteiger partial charge in [0.15, 0.2) is 0 Å². The lowest BCUT2D eigenvalue weighted by Gasteiger charge is -1.97. The second-order valence-corrected chi connectivity index (χ2v) is 2.73. The fourth-order valence-electron chi connectivity index (χ4n) is 1.28. The van der Waals surface area contributed by atoms with Crippen LogP contribution < -0.4 is 0 Å². The van der Waals surface area contributed by atoms with Gasteiger partial charge in [-0.05, 0) is 30.5 Å². The smallest absolute Gasteiger partial charge is 0.00168 e. The Balaban J connectivity index is 2.60. The zero-order chi connectivity index (χ0) is 6.97. The summed E-state index contributed by atoms with van der Waals surface area (Å²) in [5, 5.41) is 0. The van der Waals surface area contributed by atoms with E-state index in [1.807, 2.05) is 0 Å². The third-order valence-electron chi connectivity index (χ3n) is 1.85. The Bertz CT molecular complexity index is 282. The van der Waals surface area contributed by atoms with Crippen molar-refractivity contribution in [1.29, 1.82) is 0 Å². The van der Waals surface area contributed by atoms with Crippen LogP contribution in [-0.4, -0.2) is 0 Å². The van der Waals surface area contributed by atoms with Gasteiger partial charge in [-0.25, -0.2) is 0 Å². The largest absolute Gasteiger partial charge is 0.0590 e. The molecule has 0 bridgehead atoms. The van der Waals surface area contributed by atoms with E-state index in [1.54, 1.807) is 0 Å². The van der Waals surface area contributed by atoms with E-state index in [1.165, 1.54) is 16.7 Å². The number of rotatable bonds is 0. The first-order valence-electron chi connectivity index (χ1n) is 3.52. The lowest BCUT2D eigenvalue weighted by atomic mass is 10.1. The van der Waals surface area contributed by atoms with Crippen molar-refractivity contribution < 1.29 is 0 Å². The number of fused-ring (bicyclic) bond motifs is 1. The maximum Gasteiger partial charge on any atom is -0.00168 e. The van der Waals surface area contributed by atoms with Crippen molar-refractivity contribution in [2.45, 2.75) is 13.3 Å².